The number of hydrogen-bond donors (Lipinski definition) is 1. The molecule has 0 saturated carbocycles. The third kappa shape index (κ3) is 4.93. The summed E-state index contributed by atoms with van der Waals surface area (Å²) in [6, 6.07) is 16.9. The van der Waals surface area contributed by atoms with Gasteiger partial charge in [0.1, 0.15) is 6.54 Å². The monoisotopic (exact) mass is 374 g/mol. The predicted octanol–water partition coefficient (Wildman–Crippen LogP) is 3.68. The molecule has 1 unspecified atom stereocenters. The Hall–Kier alpha value is -2.14. The van der Waals surface area contributed by atoms with Gasteiger partial charge in [0.05, 0.1) is 6.04 Å². The number of carbonyl (C=O) groups excluding carboxylic acids is 2. The fraction of sp³-hybridized carbons (Fsp3) is 0.222. The lowest BCUT2D eigenvalue weighted by Crippen LogP contribution is -2.40. The van der Waals surface area contributed by atoms with Crippen LogP contribution in [0.25, 0.3) is 0 Å². The summed E-state index contributed by atoms with van der Waals surface area (Å²) < 4.78 is 0.860. The number of rotatable bonds is 5. The van der Waals surface area contributed by atoms with Gasteiger partial charge in [-0.3, -0.25) is 9.59 Å². The molecule has 1 atom stereocenters. The molecule has 0 aliphatic carbocycles. The van der Waals surface area contributed by atoms with Gasteiger partial charge in [-0.05, 0) is 30.7 Å². The summed E-state index contributed by atoms with van der Waals surface area (Å²) in [5.74, 6) is -0.373. The Bertz CT molecular complexity index is 688. The number of amides is 2. The number of nitrogens with one attached hydrogen (secondary N) is 1. The van der Waals surface area contributed by atoms with Crippen LogP contribution < -0.4 is 10.2 Å². The Labute approximate surface area is 144 Å². The molecule has 23 heavy (non-hydrogen) atoms. The quantitative estimate of drug-likeness (QED) is 0.867. The summed E-state index contributed by atoms with van der Waals surface area (Å²) in [7, 11) is 0. The Kier molecular flexibility index (Phi) is 5.93. The van der Waals surface area contributed by atoms with E-state index in [1.807, 2.05) is 55.5 Å². The van der Waals surface area contributed by atoms with E-state index in [0.717, 1.165) is 10.0 Å². The standard InChI is InChI=1S/C18H19BrN2O2/c1-13(15-7-4-3-5-8-15)20-18(23)12-21(14(2)22)17-10-6-9-16(19)11-17/h3-11,13H,12H2,1-2H3,(H,20,23). The molecular formula is C18H19BrN2O2. The van der Waals surface area contributed by atoms with Gasteiger partial charge < -0.3 is 10.2 Å². The summed E-state index contributed by atoms with van der Waals surface area (Å²) >= 11 is 3.38. The third-order valence-corrected chi connectivity index (χ3v) is 3.97. The van der Waals surface area contributed by atoms with Gasteiger partial charge in [0.25, 0.3) is 0 Å². The maximum atomic E-state index is 12.3. The van der Waals surface area contributed by atoms with Crippen LogP contribution in [0.5, 0.6) is 0 Å². The summed E-state index contributed by atoms with van der Waals surface area (Å²) in [6.45, 7) is 3.36. The van der Waals surface area contributed by atoms with Crippen molar-refractivity contribution in [1.82, 2.24) is 5.32 Å². The molecule has 0 spiro atoms. The van der Waals surface area contributed by atoms with Crippen molar-refractivity contribution < 1.29 is 9.59 Å². The van der Waals surface area contributed by atoms with Crippen molar-refractivity contribution in [2.45, 2.75) is 19.9 Å². The zero-order valence-electron chi connectivity index (χ0n) is 13.1. The van der Waals surface area contributed by atoms with E-state index >= 15 is 0 Å². The number of anilines is 1. The van der Waals surface area contributed by atoms with Crippen molar-refractivity contribution in [2.75, 3.05) is 11.4 Å². The average Bonchev–Trinajstić information content (AvgIpc) is 2.53. The minimum atomic E-state index is -0.198. The molecule has 0 aliphatic rings. The van der Waals surface area contributed by atoms with Gasteiger partial charge in [-0.15, -0.1) is 0 Å². The molecule has 0 aliphatic heterocycles. The van der Waals surface area contributed by atoms with Crippen LogP contribution in [-0.2, 0) is 9.59 Å². The van der Waals surface area contributed by atoms with E-state index in [-0.39, 0.29) is 24.4 Å². The summed E-state index contributed by atoms with van der Waals surface area (Å²) in [5, 5.41) is 2.92. The van der Waals surface area contributed by atoms with E-state index in [2.05, 4.69) is 21.2 Å². The molecule has 0 heterocycles. The van der Waals surface area contributed by atoms with Gasteiger partial charge in [-0.25, -0.2) is 0 Å². The first kappa shape index (κ1) is 17.2. The summed E-state index contributed by atoms with van der Waals surface area (Å²) in [6.07, 6.45) is 0. The molecule has 2 aromatic carbocycles. The first-order valence-electron chi connectivity index (χ1n) is 7.35. The number of hydrogen-bond acceptors (Lipinski definition) is 2. The smallest absolute Gasteiger partial charge is 0.240 e. The SMILES string of the molecule is CC(=O)N(CC(=O)NC(C)c1ccccc1)c1cccc(Br)c1. The van der Waals surface area contributed by atoms with E-state index in [0.29, 0.717) is 5.69 Å². The van der Waals surface area contributed by atoms with Crippen LogP contribution in [0.15, 0.2) is 59.1 Å². The van der Waals surface area contributed by atoms with Crippen molar-refractivity contribution in [3.63, 3.8) is 0 Å². The van der Waals surface area contributed by atoms with E-state index in [1.54, 1.807) is 6.07 Å². The zero-order valence-corrected chi connectivity index (χ0v) is 14.7. The second kappa shape index (κ2) is 7.92. The van der Waals surface area contributed by atoms with Crippen molar-refractivity contribution in [3.8, 4) is 0 Å². The largest absolute Gasteiger partial charge is 0.348 e. The summed E-state index contributed by atoms with van der Waals surface area (Å²) in [5.41, 5.74) is 1.71. The van der Waals surface area contributed by atoms with Crippen LogP contribution in [0.1, 0.15) is 25.5 Å². The highest BCUT2D eigenvalue weighted by Gasteiger charge is 2.17. The van der Waals surface area contributed by atoms with E-state index in [9.17, 15) is 9.59 Å². The maximum absolute atomic E-state index is 12.3. The molecule has 0 saturated heterocycles. The lowest BCUT2D eigenvalue weighted by molar-refractivity contribution is -0.123. The fourth-order valence-corrected chi connectivity index (χ4v) is 2.67. The van der Waals surface area contributed by atoms with Gasteiger partial charge in [0.2, 0.25) is 11.8 Å². The normalized spacial score (nSPS) is 11.6. The lowest BCUT2D eigenvalue weighted by atomic mass is 10.1. The lowest BCUT2D eigenvalue weighted by Gasteiger charge is -2.22. The van der Waals surface area contributed by atoms with Crippen LogP contribution in [0.3, 0.4) is 0 Å². The van der Waals surface area contributed by atoms with Crippen LogP contribution in [0.4, 0.5) is 5.69 Å². The Morgan fingerprint density at radius 2 is 1.83 bits per heavy atom. The zero-order chi connectivity index (χ0) is 16.8. The van der Waals surface area contributed by atoms with Gasteiger partial charge >= 0.3 is 0 Å². The second-order valence-corrected chi connectivity index (χ2v) is 6.20. The maximum Gasteiger partial charge on any atom is 0.240 e. The van der Waals surface area contributed by atoms with Gasteiger partial charge in [-0.2, -0.15) is 0 Å². The molecule has 2 amide bonds. The molecule has 0 bridgehead atoms. The third-order valence-electron chi connectivity index (χ3n) is 3.48. The molecule has 120 valence electrons. The van der Waals surface area contributed by atoms with E-state index in [4.69, 9.17) is 0 Å². The molecule has 0 radical (unpaired) electrons. The summed E-state index contributed by atoms with van der Waals surface area (Å²) in [4.78, 5) is 25.6. The highest BCUT2D eigenvalue weighted by molar-refractivity contribution is 9.10. The number of benzene rings is 2. The van der Waals surface area contributed by atoms with Crippen LogP contribution in [0.2, 0.25) is 0 Å². The van der Waals surface area contributed by atoms with E-state index in [1.165, 1.54) is 11.8 Å². The van der Waals surface area contributed by atoms with Crippen LogP contribution in [0, 0.1) is 0 Å². The van der Waals surface area contributed by atoms with Crippen molar-refractivity contribution >= 4 is 33.4 Å². The molecule has 4 nitrogen and oxygen atoms in total. The number of halogens is 1. The fourth-order valence-electron chi connectivity index (χ4n) is 2.28. The minimum Gasteiger partial charge on any atom is -0.348 e. The van der Waals surface area contributed by atoms with Gasteiger partial charge in [0.15, 0.2) is 0 Å². The minimum absolute atomic E-state index is 0.0110. The van der Waals surface area contributed by atoms with Gasteiger partial charge in [-0.1, -0.05) is 52.3 Å². The first-order valence-corrected chi connectivity index (χ1v) is 8.14. The van der Waals surface area contributed by atoms with Crippen molar-refractivity contribution in [2.24, 2.45) is 0 Å². The number of nitrogens with zero attached hydrogens (tertiary/aromatic N) is 1. The van der Waals surface area contributed by atoms with E-state index < -0.39 is 0 Å². The average molecular weight is 375 g/mol. The molecule has 5 heteroatoms. The van der Waals surface area contributed by atoms with Crippen LogP contribution >= 0.6 is 15.9 Å². The Morgan fingerprint density at radius 3 is 2.43 bits per heavy atom. The topological polar surface area (TPSA) is 49.4 Å². The Balaban J connectivity index is 2.05. The molecule has 2 rings (SSSR count). The molecule has 0 fully saturated rings. The molecule has 0 aromatic heterocycles. The van der Waals surface area contributed by atoms with Crippen molar-refractivity contribution in [3.05, 3.63) is 64.6 Å². The van der Waals surface area contributed by atoms with Crippen molar-refractivity contribution in [1.29, 1.82) is 0 Å². The molecule has 1 N–H and O–H groups in total. The predicted molar refractivity (Wildman–Crippen MR) is 95.2 cm³/mol. The highest BCUT2D eigenvalue weighted by atomic mass is 79.9. The van der Waals surface area contributed by atoms with Gasteiger partial charge in [0, 0.05) is 17.1 Å². The highest BCUT2D eigenvalue weighted by Crippen LogP contribution is 2.20. The Morgan fingerprint density at radius 1 is 1.13 bits per heavy atom. The second-order valence-electron chi connectivity index (χ2n) is 5.28. The molecule has 2 aromatic rings. The number of carbonyl (C=O) groups is 2. The van der Waals surface area contributed by atoms with Crippen LogP contribution in [-0.4, -0.2) is 18.4 Å². The molecular weight excluding hydrogens is 356 g/mol. The first-order chi connectivity index (χ1) is 11.0.